The third kappa shape index (κ3) is 4.07. The van der Waals surface area contributed by atoms with Crippen LogP contribution in [0.3, 0.4) is 0 Å². The van der Waals surface area contributed by atoms with Crippen molar-refractivity contribution in [1.29, 1.82) is 0 Å². The quantitative estimate of drug-likeness (QED) is 0.344. The van der Waals surface area contributed by atoms with Crippen LogP contribution in [0.4, 0.5) is 0 Å². The first-order chi connectivity index (χ1) is 6.10. The topological polar surface area (TPSA) is 18.5 Å². The van der Waals surface area contributed by atoms with Gasteiger partial charge in [0.2, 0.25) is 0 Å². The van der Waals surface area contributed by atoms with E-state index in [-0.39, 0.29) is 6.23 Å². The number of hydrogen-bond donors (Lipinski definition) is 0. The Labute approximate surface area is 82.2 Å². The molecule has 0 rings (SSSR count). The number of quaternary nitrogens is 1. The summed E-state index contributed by atoms with van der Waals surface area (Å²) < 4.78 is 11.6. The smallest absolute Gasteiger partial charge is 0.190 e. The van der Waals surface area contributed by atoms with Gasteiger partial charge in [0, 0.05) is 14.0 Å². The Morgan fingerprint density at radius 1 is 1.15 bits per heavy atom. The number of hydrogen-bond acceptors (Lipinski definition) is 2. The summed E-state index contributed by atoms with van der Waals surface area (Å²) in [4.78, 5) is 0. The predicted molar refractivity (Wildman–Crippen MR) is 54.6 cm³/mol. The fraction of sp³-hybridized carbons (Fsp3) is 1.00. The van der Waals surface area contributed by atoms with Crippen LogP contribution in [0.1, 0.15) is 20.8 Å². The van der Waals surface area contributed by atoms with Crippen molar-refractivity contribution in [2.75, 3.05) is 40.5 Å². The van der Waals surface area contributed by atoms with Gasteiger partial charge in [-0.05, 0) is 13.8 Å². The Hall–Kier alpha value is -0.120. The highest BCUT2D eigenvalue weighted by atomic mass is 16.5. The van der Waals surface area contributed by atoms with Gasteiger partial charge in [-0.2, -0.15) is 0 Å². The summed E-state index contributed by atoms with van der Waals surface area (Å²) in [7, 11) is 3.92. The van der Waals surface area contributed by atoms with E-state index in [0.717, 1.165) is 17.6 Å². The van der Waals surface area contributed by atoms with Gasteiger partial charge in [-0.3, -0.25) is 0 Å². The molecular formula is C10H24NO2+. The summed E-state index contributed by atoms with van der Waals surface area (Å²) in [6, 6.07) is 0. The van der Waals surface area contributed by atoms with Gasteiger partial charge in [0.05, 0.1) is 33.4 Å². The third-order valence-electron chi connectivity index (χ3n) is 2.97. The first-order valence-corrected chi connectivity index (χ1v) is 5.05. The van der Waals surface area contributed by atoms with Crippen molar-refractivity contribution in [1.82, 2.24) is 0 Å². The molecule has 80 valence electrons. The highest BCUT2D eigenvalue weighted by Gasteiger charge is 2.25. The summed E-state index contributed by atoms with van der Waals surface area (Å²) in [5, 5.41) is 0. The van der Waals surface area contributed by atoms with Crippen LogP contribution in [0.2, 0.25) is 0 Å². The van der Waals surface area contributed by atoms with Gasteiger partial charge in [-0.1, -0.05) is 0 Å². The first-order valence-electron chi connectivity index (χ1n) is 5.05. The second-order valence-corrected chi connectivity index (χ2v) is 3.57. The van der Waals surface area contributed by atoms with Crippen LogP contribution in [-0.4, -0.2) is 51.2 Å². The van der Waals surface area contributed by atoms with E-state index in [1.54, 1.807) is 7.11 Å². The van der Waals surface area contributed by atoms with Gasteiger partial charge in [0.25, 0.3) is 0 Å². The maximum atomic E-state index is 5.68. The van der Waals surface area contributed by atoms with Crippen LogP contribution in [-0.2, 0) is 9.47 Å². The Bertz CT molecular complexity index is 124. The summed E-state index contributed by atoms with van der Waals surface area (Å²) in [6.45, 7) is 10.1. The molecule has 0 bridgehead atoms. The molecule has 3 heteroatoms. The summed E-state index contributed by atoms with van der Waals surface area (Å²) >= 11 is 0. The SMILES string of the molecule is CC[N+](C)(CC)C(C)OCCOC. The molecule has 0 heterocycles. The minimum Gasteiger partial charge on any atom is -0.382 e. The molecule has 0 aromatic heterocycles. The molecule has 1 atom stereocenters. The molecule has 0 fully saturated rings. The minimum absolute atomic E-state index is 0.255. The molecule has 0 N–H and O–H groups in total. The van der Waals surface area contributed by atoms with Crippen LogP contribution in [0.5, 0.6) is 0 Å². The van der Waals surface area contributed by atoms with Crippen LogP contribution in [0.15, 0.2) is 0 Å². The van der Waals surface area contributed by atoms with Gasteiger partial charge in [0.1, 0.15) is 0 Å². The lowest BCUT2D eigenvalue weighted by Gasteiger charge is -2.37. The zero-order valence-electron chi connectivity index (χ0n) is 9.67. The van der Waals surface area contributed by atoms with Gasteiger partial charge < -0.3 is 14.0 Å². The van der Waals surface area contributed by atoms with Gasteiger partial charge in [0.15, 0.2) is 6.23 Å². The predicted octanol–water partition coefficient (Wildman–Crippen LogP) is 1.48. The number of methoxy groups -OCH3 is 1. The molecule has 0 saturated heterocycles. The van der Waals surface area contributed by atoms with Gasteiger partial charge in [-0.15, -0.1) is 0 Å². The van der Waals surface area contributed by atoms with E-state index < -0.39 is 0 Å². The summed E-state index contributed by atoms with van der Waals surface area (Å²) in [5.41, 5.74) is 0. The standard InChI is InChI=1S/C10H24NO2/c1-6-11(4,7-2)10(3)13-9-8-12-5/h10H,6-9H2,1-5H3/q+1. The maximum Gasteiger partial charge on any atom is 0.190 e. The van der Waals surface area contributed by atoms with Crippen LogP contribution < -0.4 is 0 Å². The molecular weight excluding hydrogens is 166 g/mol. The average Bonchev–Trinajstić information content (AvgIpc) is 2.17. The Morgan fingerprint density at radius 2 is 1.69 bits per heavy atom. The van der Waals surface area contributed by atoms with Crippen LogP contribution >= 0.6 is 0 Å². The zero-order chi connectivity index (χ0) is 10.3. The van der Waals surface area contributed by atoms with E-state index >= 15 is 0 Å². The lowest BCUT2D eigenvalue weighted by atomic mass is 10.3. The van der Waals surface area contributed by atoms with Crippen molar-refractivity contribution >= 4 is 0 Å². The highest BCUT2D eigenvalue weighted by molar-refractivity contribution is 4.38. The monoisotopic (exact) mass is 190 g/mol. The Balaban J connectivity index is 3.84. The summed E-state index contributed by atoms with van der Waals surface area (Å²) in [5.74, 6) is 0. The van der Waals surface area contributed by atoms with Crippen molar-refractivity contribution in [2.24, 2.45) is 0 Å². The van der Waals surface area contributed by atoms with Gasteiger partial charge in [-0.25, -0.2) is 0 Å². The zero-order valence-corrected chi connectivity index (χ0v) is 9.67. The van der Waals surface area contributed by atoms with Crippen LogP contribution in [0, 0.1) is 0 Å². The molecule has 0 aromatic rings. The molecule has 0 aliphatic carbocycles. The molecule has 3 nitrogen and oxygen atoms in total. The van der Waals surface area contributed by atoms with Crippen molar-refractivity contribution in [3.63, 3.8) is 0 Å². The van der Waals surface area contributed by atoms with Gasteiger partial charge >= 0.3 is 0 Å². The molecule has 0 radical (unpaired) electrons. The number of nitrogens with zero attached hydrogens (tertiary/aromatic N) is 1. The number of rotatable bonds is 7. The normalized spacial score (nSPS) is 14.5. The average molecular weight is 190 g/mol. The Kier molecular flexibility index (Phi) is 6.29. The lowest BCUT2D eigenvalue weighted by molar-refractivity contribution is -0.949. The molecule has 1 unspecified atom stereocenters. The minimum atomic E-state index is 0.255. The molecule has 0 spiro atoms. The lowest BCUT2D eigenvalue weighted by Crippen LogP contribution is -2.52. The van der Waals surface area contributed by atoms with E-state index in [4.69, 9.17) is 9.47 Å². The largest absolute Gasteiger partial charge is 0.382 e. The van der Waals surface area contributed by atoms with E-state index in [1.807, 2.05) is 0 Å². The third-order valence-corrected chi connectivity index (χ3v) is 2.97. The highest BCUT2D eigenvalue weighted by Crippen LogP contribution is 2.10. The molecule has 0 aliphatic rings. The summed E-state index contributed by atoms with van der Waals surface area (Å²) in [6.07, 6.45) is 0.255. The molecule has 0 aliphatic heterocycles. The Morgan fingerprint density at radius 3 is 2.08 bits per heavy atom. The fourth-order valence-electron chi connectivity index (χ4n) is 1.22. The maximum absolute atomic E-state index is 5.68. The molecule has 0 saturated carbocycles. The second-order valence-electron chi connectivity index (χ2n) is 3.57. The van der Waals surface area contributed by atoms with E-state index in [9.17, 15) is 0 Å². The van der Waals surface area contributed by atoms with Crippen molar-refractivity contribution in [3.8, 4) is 0 Å². The van der Waals surface area contributed by atoms with E-state index in [2.05, 4.69) is 27.8 Å². The molecule has 0 amide bonds. The fourth-order valence-corrected chi connectivity index (χ4v) is 1.22. The van der Waals surface area contributed by atoms with Crippen molar-refractivity contribution < 1.29 is 14.0 Å². The molecule has 13 heavy (non-hydrogen) atoms. The van der Waals surface area contributed by atoms with E-state index in [1.165, 1.54) is 0 Å². The molecule has 0 aromatic carbocycles. The number of ether oxygens (including phenoxy) is 2. The first kappa shape index (κ1) is 12.9. The van der Waals surface area contributed by atoms with Crippen molar-refractivity contribution in [2.45, 2.75) is 27.0 Å². The second kappa shape index (κ2) is 6.35. The van der Waals surface area contributed by atoms with Crippen LogP contribution in [0.25, 0.3) is 0 Å². The van der Waals surface area contributed by atoms with Crippen molar-refractivity contribution in [3.05, 3.63) is 0 Å². The van der Waals surface area contributed by atoms with E-state index in [0.29, 0.717) is 13.2 Å².